The molecule has 1 amide bonds. The third-order valence-electron chi connectivity index (χ3n) is 4.13. The Morgan fingerprint density at radius 3 is 2.46 bits per heavy atom. The number of benzene rings is 1. The number of amides is 1. The Bertz CT molecular complexity index is 614. The lowest BCUT2D eigenvalue weighted by Crippen LogP contribution is -2.43. The Hall–Kier alpha value is -2.08. The van der Waals surface area contributed by atoms with Crippen LogP contribution >= 0.6 is 0 Å². The lowest BCUT2D eigenvalue weighted by molar-refractivity contribution is -0.137. The summed E-state index contributed by atoms with van der Waals surface area (Å²) in [5.41, 5.74) is -0.176. The normalized spacial score (nSPS) is 13.2. The molecule has 0 unspecified atom stereocenters. The molecule has 0 aromatic heterocycles. The Balaban J connectivity index is 3.02. The number of unbranched alkanes of at least 4 members (excludes halogenated alkanes) is 1. The van der Waals surface area contributed by atoms with Crippen molar-refractivity contribution in [2.75, 3.05) is 26.1 Å². The van der Waals surface area contributed by atoms with E-state index in [4.69, 9.17) is 14.2 Å². The molecule has 0 saturated heterocycles. The molecule has 0 radical (unpaired) electrons. The van der Waals surface area contributed by atoms with Gasteiger partial charge in [-0.2, -0.15) is 0 Å². The third-order valence-corrected chi connectivity index (χ3v) is 4.13. The number of methoxy groups -OCH3 is 2. The zero-order valence-electron chi connectivity index (χ0n) is 16.7. The van der Waals surface area contributed by atoms with Gasteiger partial charge in [0.1, 0.15) is 16.9 Å². The van der Waals surface area contributed by atoms with Gasteiger partial charge < -0.3 is 19.5 Å². The highest BCUT2D eigenvalue weighted by Gasteiger charge is 2.34. The molecule has 1 aromatic carbocycles. The topological polar surface area (TPSA) is 73.9 Å². The van der Waals surface area contributed by atoms with E-state index in [1.807, 2.05) is 13.8 Å². The van der Waals surface area contributed by atoms with Gasteiger partial charge in [0.2, 0.25) is 0 Å². The Morgan fingerprint density at radius 2 is 1.92 bits per heavy atom. The first-order valence-corrected chi connectivity index (χ1v) is 8.99. The maximum atomic E-state index is 12.7. The summed E-state index contributed by atoms with van der Waals surface area (Å²) in [4.78, 5) is 24.7. The first kappa shape index (κ1) is 22.0. The van der Waals surface area contributed by atoms with Crippen LogP contribution in [0, 0.1) is 5.92 Å². The van der Waals surface area contributed by atoms with Crippen LogP contribution in [0.4, 0.5) is 5.69 Å². The summed E-state index contributed by atoms with van der Waals surface area (Å²) in [6.45, 7) is 8.39. The van der Waals surface area contributed by atoms with Crippen molar-refractivity contribution in [2.24, 2.45) is 5.92 Å². The minimum atomic E-state index is -0.949. The van der Waals surface area contributed by atoms with Crippen LogP contribution in [0.25, 0.3) is 0 Å². The van der Waals surface area contributed by atoms with E-state index < -0.39 is 11.6 Å². The summed E-state index contributed by atoms with van der Waals surface area (Å²) >= 11 is 0. The van der Waals surface area contributed by atoms with Crippen molar-refractivity contribution in [3.63, 3.8) is 0 Å². The van der Waals surface area contributed by atoms with Gasteiger partial charge in [0.05, 0.1) is 13.7 Å². The minimum Gasteiger partial charge on any atom is -0.493 e. The second kappa shape index (κ2) is 10.2. The van der Waals surface area contributed by atoms with E-state index in [1.54, 1.807) is 25.1 Å². The van der Waals surface area contributed by atoms with Gasteiger partial charge in [-0.3, -0.25) is 4.79 Å². The average Bonchev–Trinajstić information content (AvgIpc) is 2.61. The molecule has 0 aliphatic rings. The van der Waals surface area contributed by atoms with Gasteiger partial charge in [-0.05, 0) is 43.9 Å². The number of carbonyl (C=O) groups is 2. The summed E-state index contributed by atoms with van der Waals surface area (Å²) in [5.74, 6) is -0.0286. The van der Waals surface area contributed by atoms with Gasteiger partial charge in [-0.25, -0.2) is 4.79 Å². The number of anilines is 1. The largest absolute Gasteiger partial charge is 0.493 e. The molecule has 0 spiro atoms. The molecular weight excluding hydrogens is 334 g/mol. The smallest absolute Gasteiger partial charge is 0.341 e. The molecule has 0 heterocycles. The van der Waals surface area contributed by atoms with E-state index in [2.05, 4.69) is 12.2 Å². The van der Waals surface area contributed by atoms with Crippen molar-refractivity contribution in [3.05, 3.63) is 23.8 Å². The van der Waals surface area contributed by atoms with Crippen LogP contribution in [-0.2, 0) is 14.3 Å². The van der Waals surface area contributed by atoms with Crippen molar-refractivity contribution in [2.45, 2.75) is 52.6 Å². The van der Waals surface area contributed by atoms with Crippen LogP contribution in [-0.4, -0.2) is 38.3 Å². The van der Waals surface area contributed by atoms with Crippen molar-refractivity contribution in [1.82, 2.24) is 0 Å². The molecule has 26 heavy (non-hydrogen) atoms. The van der Waals surface area contributed by atoms with Gasteiger partial charge >= 0.3 is 5.97 Å². The van der Waals surface area contributed by atoms with E-state index in [0.717, 1.165) is 12.8 Å². The molecular formula is C20H31NO5. The van der Waals surface area contributed by atoms with E-state index in [1.165, 1.54) is 14.2 Å². The summed E-state index contributed by atoms with van der Waals surface area (Å²) in [5, 5.41) is 2.83. The van der Waals surface area contributed by atoms with Crippen molar-refractivity contribution in [1.29, 1.82) is 0 Å². The van der Waals surface area contributed by atoms with Crippen molar-refractivity contribution < 1.29 is 23.8 Å². The van der Waals surface area contributed by atoms with Gasteiger partial charge in [0.15, 0.2) is 0 Å². The van der Waals surface area contributed by atoms with Crippen LogP contribution in [0.1, 0.15) is 57.3 Å². The van der Waals surface area contributed by atoms with E-state index in [9.17, 15) is 9.59 Å². The summed E-state index contributed by atoms with van der Waals surface area (Å²) in [7, 11) is 2.83. The number of carbonyl (C=O) groups excluding carboxylic acids is 2. The zero-order valence-corrected chi connectivity index (χ0v) is 16.7. The molecule has 1 atom stereocenters. The lowest BCUT2D eigenvalue weighted by atomic mass is 9.93. The molecule has 1 N–H and O–H groups in total. The van der Waals surface area contributed by atoms with E-state index >= 15 is 0 Å². The van der Waals surface area contributed by atoms with Gasteiger partial charge in [-0.1, -0.05) is 27.2 Å². The van der Waals surface area contributed by atoms with Gasteiger partial charge in [0.25, 0.3) is 5.91 Å². The zero-order chi connectivity index (χ0) is 19.7. The molecule has 0 aliphatic heterocycles. The monoisotopic (exact) mass is 365 g/mol. The molecule has 0 aliphatic carbocycles. The summed E-state index contributed by atoms with van der Waals surface area (Å²) in [6, 6.07) is 4.94. The fraction of sp³-hybridized carbons (Fsp3) is 0.600. The van der Waals surface area contributed by atoms with Crippen molar-refractivity contribution in [3.8, 4) is 5.75 Å². The molecule has 0 bridgehead atoms. The lowest BCUT2D eigenvalue weighted by Gasteiger charge is -2.28. The molecule has 1 aromatic rings. The van der Waals surface area contributed by atoms with Crippen molar-refractivity contribution >= 4 is 17.6 Å². The highest BCUT2D eigenvalue weighted by Crippen LogP contribution is 2.27. The third kappa shape index (κ3) is 6.02. The second-order valence-corrected chi connectivity index (χ2v) is 6.89. The Morgan fingerprint density at radius 1 is 1.23 bits per heavy atom. The molecule has 146 valence electrons. The predicted molar refractivity (Wildman–Crippen MR) is 102 cm³/mol. The highest BCUT2D eigenvalue weighted by molar-refractivity contribution is 5.99. The first-order valence-electron chi connectivity index (χ1n) is 8.99. The second-order valence-electron chi connectivity index (χ2n) is 6.89. The molecule has 6 nitrogen and oxygen atoms in total. The number of rotatable bonds is 10. The molecule has 1 rings (SSSR count). The molecule has 6 heteroatoms. The number of ether oxygens (including phenoxy) is 3. The van der Waals surface area contributed by atoms with Gasteiger partial charge in [0, 0.05) is 12.8 Å². The van der Waals surface area contributed by atoms with Crippen LogP contribution in [0.15, 0.2) is 18.2 Å². The van der Waals surface area contributed by atoms with Crippen LogP contribution in [0.3, 0.4) is 0 Å². The number of hydrogen-bond donors (Lipinski definition) is 1. The number of nitrogens with one attached hydrogen (secondary N) is 1. The predicted octanol–water partition coefficient (Wildman–Crippen LogP) is 4.04. The average molecular weight is 365 g/mol. The summed E-state index contributed by atoms with van der Waals surface area (Å²) in [6.07, 6.45) is 2.46. The van der Waals surface area contributed by atoms with E-state index in [0.29, 0.717) is 30.4 Å². The van der Waals surface area contributed by atoms with E-state index in [-0.39, 0.29) is 11.5 Å². The van der Waals surface area contributed by atoms with Crippen LogP contribution < -0.4 is 10.1 Å². The maximum Gasteiger partial charge on any atom is 0.341 e. The minimum absolute atomic E-state index is 0.260. The Labute approximate surface area is 156 Å². The standard InChI is InChI=1S/C20H31NO5/c1-7-8-11-26-17-10-9-15(12-16(17)18(22)24-5)21-19(23)20(4,25-6)13-14(2)3/h9-10,12,14H,7-8,11,13H2,1-6H3,(H,21,23)/t20-/m1/s1. The Kier molecular flexibility index (Phi) is 8.58. The van der Waals surface area contributed by atoms with Crippen LogP contribution in [0.5, 0.6) is 5.75 Å². The highest BCUT2D eigenvalue weighted by atomic mass is 16.5. The SMILES string of the molecule is CCCCOc1ccc(NC(=O)[C@@](C)(CC(C)C)OC)cc1C(=O)OC. The summed E-state index contributed by atoms with van der Waals surface area (Å²) < 4.78 is 15.9. The van der Waals surface area contributed by atoms with Gasteiger partial charge in [-0.15, -0.1) is 0 Å². The molecule has 0 fully saturated rings. The fourth-order valence-electron chi connectivity index (χ4n) is 2.64. The number of hydrogen-bond acceptors (Lipinski definition) is 5. The quantitative estimate of drug-likeness (QED) is 0.500. The first-order chi connectivity index (χ1) is 12.3. The van der Waals surface area contributed by atoms with Crippen LogP contribution in [0.2, 0.25) is 0 Å². The maximum absolute atomic E-state index is 12.7. The fourth-order valence-corrected chi connectivity index (χ4v) is 2.64. The molecule has 0 saturated carbocycles. The number of esters is 1.